The summed E-state index contributed by atoms with van der Waals surface area (Å²) in [6.45, 7) is 15.5. The lowest BCUT2D eigenvalue weighted by molar-refractivity contribution is 0.106. The number of rotatable bonds is 7. The molecule has 1 rings (SSSR count). The predicted octanol–water partition coefficient (Wildman–Crippen LogP) is 3.52. The van der Waals surface area contributed by atoms with E-state index in [1.165, 1.54) is 38.8 Å². The van der Waals surface area contributed by atoms with E-state index < -0.39 is 0 Å². The highest BCUT2D eigenvalue weighted by Crippen LogP contribution is 2.23. The van der Waals surface area contributed by atoms with E-state index >= 15 is 0 Å². The fourth-order valence-electron chi connectivity index (χ4n) is 3.04. The lowest BCUT2D eigenvalue weighted by Gasteiger charge is -2.40. The summed E-state index contributed by atoms with van der Waals surface area (Å²) in [7, 11) is 0. The fourth-order valence-corrected chi connectivity index (χ4v) is 3.04. The zero-order valence-corrected chi connectivity index (χ0v) is 13.2. The SMILES string of the molecule is CCCNC(CN1CCC(C)CC1C)C(C)CC. The summed E-state index contributed by atoms with van der Waals surface area (Å²) in [6, 6.07) is 1.44. The van der Waals surface area contributed by atoms with Crippen LogP contribution in [0.3, 0.4) is 0 Å². The van der Waals surface area contributed by atoms with Crippen molar-refractivity contribution in [2.24, 2.45) is 11.8 Å². The fraction of sp³-hybridized carbons (Fsp3) is 1.00. The van der Waals surface area contributed by atoms with Crippen molar-refractivity contribution in [2.75, 3.05) is 19.6 Å². The van der Waals surface area contributed by atoms with Gasteiger partial charge in [0.05, 0.1) is 0 Å². The van der Waals surface area contributed by atoms with Gasteiger partial charge >= 0.3 is 0 Å². The van der Waals surface area contributed by atoms with E-state index in [1.807, 2.05) is 0 Å². The molecule has 4 unspecified atom stereocenters. The Labute approximate surface area is 115 Å². The molecule has 0 amide bonds. The minimum absolute atomic E-state index is 0.672. The second kappa shape index (κ2) is 8.16. The second-order valence-corrected chi connectivity index (χ2v) is 6.42. The third-order valence-corrected chi connectivity index (χ3v) is 4.69. The molecule has 18 heavy (non-hydrogen) atoms. The van der Waals surface area contributed by atoms with Gasteiger partial charge in [0.1, 0.15) is 0 Å². The smallest absolute Gasteiger partial charge is 0.0220 e. The molecule has 1 saturated heterocycles. The Balaban J connectivity index is 2.48. The standard InChI is InChI=1S/C16H34N2/c1-6-9-17-16(14(4)7-2)12-18-10-8-13(3)11-15(18)5/h13-17H,6-12H2,1-5H3. The van der Waals surface area contributed by atoms with Gasteiger partial charge in [-0.2, -0.15) is 0 Å². The summed E-state index contributed by atoms with van der Waals surface area (Å²) >= 11 is 0. The van der Waals surface area contributed by atoms with Crippen LogP contribution in [0.5, 0.6) is 0 Å². The van der Waals surface area contributed by atoms with Crippen molar-refractivity contribution in [1.29, 1.82) is 0 Å². The summed E-state index contributed by atoms with van der Waals surface area (Å²) in [5.41, 5.74) is 0. The maximum Gasteiger partial charge on any atom is 0.0220 e. The van der Waals surface area contributed by atoms with Crippen molar-refractivity contribution >= 4 is 0 Å². The van der Waals surface area contributed by atoms with E-state index in [-0.39, 0.29) is 0 Å². The van der Waals surface area contributed by atoms with Crippen LogP contribution in [0.4, 0.5) is 0 Å². The van der Waals surface area contributed by atoms with Crippen molar-refractivity contribution < 1.29 is 0 Å². The summed E-state index contributed by atoms with van der Waals surface area (Å²) < 4.78 is 0. The molecule has 1 heterocycles. The third-order valence-electron chi connectivity index (χ3n) is 4.69. The summed E-state index contributed by atoms with van der Waals surface area (Å²) in [5, 5.41) is 3.76. The van der Waals surface area contributed by atoms with Crippen LogP contribution in [0.25, 0.3) is 0 Å². The molecule has 0 aromatic carbocycles. The van der Waals surface area contributed by atoms with Crippen molar-refractivity contribution in [3.8, 4) is 0 Å². The van der Waals surface area contributed by atoms with Crippen molar-refractivity contribution in [1.82, 2.24) is 10.2 Å². The maximum atomic E-state index is 3.76. The van der Waals surface area contributed by atoms with Crippen LogP contribution in [-0.2, 0) is 0 Å². The lowest BCUT2D eigenvalue weighted by atomic mass is 9.91. The molecule has 0 radical (unpaired) electrons. The van der Waals surface area contributed by atoms with Gasteiger partial charge < -0.3 is 5.32 Å². The maximum absolute atomic E-state index is 3.76. The predicted molar refractivity (Wildman–Crippen MR) is 81.0 cm³/mol. The largest absolute Gasteiger partial charge is 0.312 e. The van der Waals surface area contributed by atoms with E-state index in [2.05, 4.69) is 44.8 Å². The van der Waals surface area contributed by atoms with E-state index in [1.54, 1.807) is 0 Å². The van der Waals surface area contributed by atoms with Gasteiger partial charge in [-0.3, -0.25) is 4.90 Å². The molecule has 0 saturated carbocycles. The van der Waals surface area contributed by atoms with Gasteiger partial charge in [-0.1, -0.05) is 34.1 Å². The van der Waals surface area contributed by atoms with E-state index in [0.29, 0.717) is 6.04 Å². The minimum Gasteiger partial charge on any atom is -0.312 e. The summed E-state index contributed by atoms with van der Waals surface area (Å²) in [4.78, 5) is 2.71. The van der Waals surface area contributed by atoms with Crippen LogP contribution in [0.2, 0.25) is 0 Å². The third kappa shape index (κ3) is 4.89. The molecule has 1 N–H and O–H groups in total. The van der Waals surface area contributed by atoms with Crippen LogP contribution in [0, 0.1) is 11.8 Å². The Morgan fingerprint density at radius 3 is 2.56 bits per heavy atom. The molecule has 1 aliphatic heterocycles. The molecule has 0 spiro atoms. The first-order valence-corrected chi connectivity index (χ1v) is 8.05. The van der Waals surface area contributed by atoms with Crippen molar-refractivity contribution in [2.45, 2.75) is 72.4 Å². The average molecular weight is 254 g/mol. The van der Waals surface area contributed by atoms with E-state index in [0.717, 1.165) is 24.4 Å². The lowest BCUT2D eigenvalue weighted by Crippen LogP contribution is -2.50. The topological polar surface area (TPSA) is 15.3 Å². The highest BCUT2D eigenvalue weighted by molar-refractivity contribution is 4.83. The molecule has 0 aliphatic carbocycles. The van der Waals surface area contributed by atoms with Gasteiger partial charge in [0, 0.05) is 18.6 Å². The Morgan fingerprint density at radius 1 is 1.28 bits per heavy atom. The number of piperidine rings is 1. The van der Waals surface area contributed by atoms with Crippen LogP contribution >= 0.6 is 0 Å². The Hall–Kier alpha value is -0.0800. The first kappa shape index (κ1) is 16.0. The molecule has 2 heteroatoms. The van der Waals surface area contributed by atoms with Gasteiger partial charge in [0.25, 0.3) is 0 Å². The van der Waals surface area contributed by atoms with Gasteiger partial charge in [-0.15, -0.1) is 0 Å². The summed E-state index contributed by atoms with van der Waals surface area (Å²) in [6.07, 6.45) is 5.27. The number of hydrogen-bond acceptors (Lipinski definition) is 2. The van der Waals surface area contributed by atoms with Crippen LogP contribution in [-0.4, -0.2) is 36.6 Å². The molecule has 0 aromatic heterocycles. The van der Waals surface area contributed by atoms with Gasteiger partial charge in [-0.25, -0.2) is 0 Å². The number of hydrogen-bond donors (Lipinski definition) is 1. The first-order valence-electron chi connectivity index (χ1n) is 8.05. The van der Waals surface area contributed by atoms with Crippen LogP contribution in [0.15, 0.2) is 0 Å². The van der Waals surface area contributed by atoms with Gasteiger partial charge in [0.15, 0.2) is 0 Å². The van der Waals surface area contributed by atoms with Gasteiger partial charge in [0.2, 0.25) is 0 Å². The Kier molecular flexibility index (Phi) is 7.25. The van der Waals surface area contributed by atoms with Crippen molar-refractivity contribution in [3.05, 3.63) is 0 Å². The number of likely N-dealkylation sites (tertiary alicyclic amines) is 1. The molecule has 108 valence electrons. The van der Waals surface area contributed by atoms with Crippen LogP contribution in [0.1, 0.15) is 60.3 Å². The monoisotopic (exact) mass is 254 g/mol. The normalized spacial score (nSPS) is 29.2. The van der Waals surface area contributed by atoms with E-state index in [9.17, 15) is 0 Å². The molecule has 1 fully saturated rings. The van der Waals surface area contributed by atoms with Crippen molar-refractivity contribution in [3.63, 3.8) is 0 Å². The molecular weight excluding hydrogens is 220 g/mol. The van der Waals surface area contributed by atoms with E-state index in [4.69, 9.17) is 0 Å². The number of nitrogens with zero attached hydrogens (tertiary/aromatic N) is 1. The Bertz CT molecular complexity index is 217. The molecule has 0 aromatic rings. The van der Waals surface area contributed by atoms with Crippen LogP contribution < -0.4 is 5.32 Å². The van der Waals surface area contributed by atoms with Gasteiger partial charge in [-0.05, 0) is 51.1 Å². The molecule has 1 aliphatic rings. The minimum atomic E-state index is 0.672. The second-order valence-electron chi connectivity index (χ2n) is 6.42. The molecule has 2 nitrogen and oxygen atoms in total. The summed E-state index contributed by atoms with van der Waals surface area (Å²) in [5.74, 6) is 1.70. The quantitative estimate of drug-likeness (QED) is 0.748. The first-order chi connectivity index (χ1) is 8.58. The Morgan fingerprint density at radius 2 is 2.00 bits per heavy atom. The molecule has 0 bridgehead atoms. The highest BCUT2D eigenvalue weighted by atomic mass is 15.2. The highest BCUT2D eigenvalue weighted by Gasteiger charge is 2.26. The zero-order chi connectivity index (χ0) is 13.5. The number of nitrogens with one attached hydrogen (secondary N) is 1. The molecule has 4 atom stereocenters. The average Bonchev–Trinajstić information content (AvgIpc) is 2.36. The zero-order valence-electron chi connectivity index (χ0n) is 13.2. The molecular formula is C16H34N2.